The van der Waals surface area contributed by atoms with Gasteiger partial charge in [-0.3, -0.25) is 9.59 Å². The van der Waals surface area contributed by atoms with Gasteiger partial charge in [-0.15, -0.1) is 11.3 Å². The number of benzene rings is 3. The molecule has 0 aliphatic heterocycles. The average molecular weight is 427 g/mol. The van der Waals surface area contributed by atoms with Gasteiger partial charge in [-0.2, -0.15) is 0 Å². The van der Waals surface area contributed by atoms with Crippen molar-refractivity contribution in [1.82, 2.24) is 15.0 Å². The molecule has 0 radical (unpaired) electrons. The van der Waals surface area contributed by atoms with Gasteiger partial charge in [0.1, 0.15) is 10.8 Å². The number of H-pyrrole nitrogens is 1. The van der Waals surface area contributed by atoms with Crippen LogP contribution in [0.4, 0.5) is 5.69 Å². The molecule has 7 heteroatoms. The fourth-order valence-corrected chi connectivity index (χ4v) is 4.40. The van der Waals surface area contributed by atoms with Gasteiger partial charge in [0.15, 0.2) is 0 Å². The van der Waals surface area contributed by atoms with Crippen molar-refractivity contribution >= 4 is 44.1 Å². The lowest BCUT2D eigenvalue weighted by molar-refractivity contribution is -0.116. The third-order valence-electron chi connectivity index (χ3n) is 4.94. The maximum atomic E-state index is 12.5. The Hall–Kier alpha value is -3.84. The number of fused-ring (bicyclic) bond motifs is 2. The number of rotatable bonds is 5. The lowest BCUT2D eigenvalue weighted by atomic mass is 10.2. The zero-order valence-corrected chi connectivity index (χ0v) is 17.3. The van der Waals surface area contributed by atoms with Gasteiger partial charge in [0.25, 0.3) is 5.56 Å². The van der Waals surface area contributed by atoms with Crippen molar-refractivity contribution in [3.05, 3.63) is 89.0 Å². The molecule has 0 atom stereocenters. The van der Waals surface area contributed by atoms with Crippen LogP contribution in [0, 0.1) is 0 Å². The van der Waals surface area contributed by atoms with E-state index in [1.54, 1.807) is 29.5 Å². The molecule has 0 bridgehead atoms. The van der Waals surface area contributed by atoms with Crippen LogP contribution in [0.3, 0.4) is 0 Å². The number of hydrogen-bond donors (Lipinski definition) is 2. The molecule has 6 nitrogen and oxygen atoms in total. The molecule has 2 aromatic heterocycles. The third kappa shape index (κ3) is 4.08. The smallest absolute Gasteiger partial charge is 0.258 e. The number of anilines is 1. The van der Waals surface area contributed by atoms with Crippen molar-refractivity contribution in [3.8, 4) is 10.6 Å². The van der Waals surface area contributed by atoms with Crippen molar-refractivity contribution < 1.29 is 4.79 Å². The Morgan fingerprint density at radius 3 is 2.61 bits per heavy atom. The molecule has 0 fully saturated rings. The van der Waals surface area contributed by atoms with Crippen LogP contribution in [0.5, 0.6) is 0 Å². The van der Waals surface area contributed by atoms with Crippen molar-refractivity contribution in [3.63, 3.8) is 0 Å². The first-order valence-corrected chi connectivity index (χ1v) is 10.7. The van der Waals surface area contributed by atoms with Gasteiger partial charge in [-0.25, -0.2) is 9.97 Å². The summed E-state index contributed by atoms with van der Waals surface area (Å²) in [5, 5.41) is 4.38. The zero-order chi connectivity index (χ0) is 21.2. The lowest BCUT2D eigenvalue weighted by Crippen LogP contribution is -2.16. The molecule has 0 saturated heterocycles. The molecular weight excluding hydrogens is 408 g/mol. The van der Waals surface area contributed by atoms with E-state index in [0.29, 0.717) is 28.8 Å². The molecule has 0 aliphatic carbocycles. The number of hydrogen-bond acceptors (Lipinski definition) is 5. The third-order valence-corrected chi connectivity index (χ3v) is 6.02. The number of carbonyl (C=O) groups excluding carboxylic acids is 1. The second-order valence-corrected chi connectivity index (χ2v) is 8.18. The van der Waals surface area contributed by atoms with Crippen LogP contribution in [-0.4, -0.2) is 20.9 Å². The lowest BCUT2D eigenvalue weighted by Gasteiger charge is -2.07. The maximum Gasteiger partial charge on any atom is 0.258 e. The minimum atomic E-state index is -0.190. The average Bonchev–Trinajstić information content (AvgIpc) is 3.22. The van der Waals surface area contributed by atoms with E-state index in [1.807, 2.05) is 54.6 Å². The second-order valence-electron chi connectivity index (χ2n) is 7.15. The molecule has 0 spiro atoms. The molecule has 2 N–H and O–H groups in total. The minimum absolute atomic E-state index is 0.141. The number of aryl methyl sites for hydroxylation is 1. The Balaban J connectivity index is 1.29. The predicted molar refractivity (Wildman–Crippen MR) is 124 cm³/mol. The number of nitrogens with zero attached hydrogens (tertiary/aromatic N) is 2. The fourth-order valence-electron chi connectivity index (χ4n) is 3.43. The van der Waals surface area contributed by atoms with Crippen LogP contribution in [0.2, 0.25) is 0 Å². The molecule has 2 heterocycles. The molecule has 0 aliphatic rings. The Morgan fingerprint density at radius 1 is 0.935 bits per heavy atom. The number of carbonyl (C=O) groups is 1. The van der Waals surface area contributed by atoms with Crippen LogP contribution >= 0.6 is 11.3 Å². The van der Waals surface area contributed by atoms with Crippen LogP contribution in [0.25, 0.3) is 31.7 Å². The van der Waals surface area contributed by atoms with E-state index < -0.39 is 0 Å². The second kappa shape index (κ2) is 8.12. The molecule has 1 amide bonds. The van der Waals surface area contributed by atoms with E-state index in [9.17, 15) is 9.59 Å². The summed E-state index contributed by atoms with van der Waals surface area (Å²) < 4.78 is 1.13. The fraction of sp³-hybridized carbons (Fsp3) is 0.0833. The Kier molecular flexibility index (Phi) is 5.01. The normalized spacial score (nSPS) is 11.1. The summed E-state index contributed by atoms with van der Waals surface area (Å²) in [6, 6.07) is 22.8. The number of para-hydroxylation sites is 2. The van der Waals surface area contributed by atoms with Crippen LogP contribution in [0.15, 0.2) is 77.6 Å². The molecule has 31 heavy (non-hydrogen) atoms. The van der Waals surface area contributed by atoms with Gasteiger partial charge in [-0.05, 0) is 36.4 Å². The summed E-state index contributed by atoms with van der Waals surface area (Å²) in [6.07, 6.45) is 0.566. The number of aromatic nitrogens is 3. The summed E-state index contributed by atoms with van der Waals surface area (Å²) in [6.45, 7) is 0. The minimum Gasteiger partial charge on any atom is -0.326 e. The van der Waals surface area contributed by atoms with E-state index in [2.05, 4.69) is 20.3 Å². The standard InChI is InChI=1S/C24H18N4O2S/c29-22(13-12-21-26-18-9-2-1-8-17(18)23(30)28-21)25-16-7-5-6-15(14-16)24-27-19-10-3-4-11-20(19)31-24/h1-11,14H,12-13H2,(H,25,29)(H,26,28,30). The van der Waals surface area contributed by atoms with Gasteiger partial charge in [0.05, 0.1) is 21.1 Å². The molecule has 152 valence electrons. The van der Waals surface area contributed by atoms with Gasteiger partial charge in [0.2, 0.25) is 5.91 Å². The van der Waals surface area contributed by atoms with E-state index in [-0.39, 0.29) is 17.9 Å². The summed E-state index contributed by atoms with van der Waals surface area (Å²) in [5.41, 5.74) is 3.07. The molecule has 5 aromatic rings. The number of aromatic amines is 1. The summed E-state index contributed by atoms with van der Waals surface area (Å²) >= 11 is 1.62. The monoisotopic (exact) mass is 426 g/mol. The Bertz CT molecular complexity index is 1440. The van der Waals surface area contributed by atoms with Gasteiger partial charge in [0, 0.05) is 24.1 Å². The van der Waals surface area contributed by atoms with Crippen molar-refractivity contribution in [2.45, 2.75) is 12.8 Å². The molecule has 0 saturated carbocycles. The highest BCUT2D eigenvalue weighted by Gasteiger charge is 2.10. The largest absolute Gasteiger partial charge is 0.326 e. The van der Waals surface area contributed by atoms with Crippen LogP contribution in [-0.2, 0) is 11.2 Å². The first-order chi connectivity index (χ1) is 15.2. The number of amides is 1. The van der Waals surface area contributed by atoms with E-state index in [4.69, 9.17) is 0 Å². The SMILES string of the molecule is O=C(CCc1nc2ccccc2c(=O)[nH]1)Nc1cccc(-c2nc3ccccc3s2)c1. The van der Waals surface area contributed by atoms with Crippen LogP contribution in [0.1, 0.15) is 12.2 Å². The van der Waals surface area contributed by atoms with Gasteiger partial charge < -0.3 is 10.3 Å². The highest BCUT2D eigenvalue weighted by molar-refractivity contribution is 7.21. The summed E-state index contributed by atoms with van der Waals surface area (Å²) in [4.78, 5) is 36.5. The van der Waals surface area contributed by atoms with Gasteiger partial charge in [-0.1, -0.05) is 36.4 Å². The highest BCUT2D eigenvalue weighted by Crippen LogP contribution is 2.31. The molecule has 0 unspecified atom stereocenters. The van der Waals surface area contributed by atoms with Crippen molar-refractivity contribution in [2.24, 2.45) is 0 Å². The van der Waals surface area contributed by atoms with Crippen molar-refractivity contribution in [1.29, 1.82) is 0 Å². The summed E-state index contributed by atoms with van der Waals surface area (Å²) in [7, 11) is 0. The maximum absolute atomic E-state index is 12.5. The van der Waals surface area contributed by atoms with Crippen molar-refractivity contribution in [2.75, 3.05) is 5.32 Å². The highest BCUT2D eigenvalue weighted by atomic mass is 32.1. The Morgan fingerprint density at radius 2 is 1.74 bits per heavy atom. The first-order valence-electron chi connectivity index (χ1n) is 9.89. The van der Waals surface area contributed by atoms with E-state index in [1.165, 1.54) is 0 Å². The number of nitrogens with one attached hydrogen (secondary N) is 2. The first kappa shape index (κ1) is 19.1. The topological polar surface area (TPSA) is 87.7 Å². The quantitative estimate of drug-likeness (QED) is 0.424. The summed E-state index contributed by atoms with van der Waals surface area (Å²) in [5.74, 6) is 0.360. The molecule has 3 aromatic carbocycles. The molecule has 5 rings (SSSR count). The van der Waals surface area contributed by atoms with Crippen LogP contribution < -0.4 is 10.9 Å². The van der Waals surface area contributed by atoms with E-state index in [0.717, 1.165) is 20.8 Å². The van der Waals surface area contributed by atoms with E-state index >= 15 is 0 Å². The Labute approximate surface area is 181 Å². The zero-order valence-electron chi connectivity index (χ0n) is 16.5. The predicted octanol–water partition coefficient (Wildman–Crippen LogP) is 4.77. The van der Waals surface area contributed by atoms with Gasteiger partial charge >= 0.3 is 0 Å². The molecular formula is C24H18N4O2S. The number of thiazole rings is 1.